The number of carbonyl (C=O) groups is 1. The number of aromatic nitrogens is 1. The number of amides is 2. The van der Waals surface area contributed by atoms with E-state index in [0.29, 0.717) is 13.1 Å². The molecule has 2 N–H and O–H groups in total. The molecule has 24 heavy (non-hydrogen) atoms. The third-order valence-electron chi connectivity index (χ3n) is 4.49. The average Bonchev–Trinajstić information content (AvgIpc) is 3.24. The zero-order valence-electron chi connectivity index (χ0n) is 14.3. The second kappa shape index (κ2) is 7.57. The minimum absolute atomic E-state index is 0.0580. The number of likely N-dealkylation sites (N-methyl/N-ethyl adjacent to an activating group) is 1. The van der Waals surface area contributed by atoms with Gasteiger partial charge in [-0.05, 0) is 37.0 Å². The summed E-state index contributed by atoms with van der Waals surface area (Å²) in [7, 11) is 3.49. The maximum absolute atomic E-state index is 12.2. The van der Waals surface area contributed by atoms with Crippen LogP contribution in [-0.2, 0) is 11.2 Å². The summed E-state index contributed by atoms with van der Waals surface area (Å²) >= 11 is 0. The zero-order chi connectivity index (χ0) is 16.9. The second-order valence-electron chi connectivity index (χ2n) is 6.19. The van der Waals surface area contributed by atoms with E-state index in [2.05, 4.69) is 10.3 Å². The van der Waals surface area contributed by atoms with Crippen LogP contribution >= 0.6 is 0 Å². The molecule has 2 amide bonds. The number of aromatic amines is 1. The van der Waals surface area contributed by atoms with Crippen LogP contribution in [0.4, 0.5) is 4.79 Å². The molecule has 130 valence electrons. The van der Waals surface area contributed by atoms with Crippen LogP contribution in [0.1, 0.15) is 18.4 Å². The molecule has 0 aliphatic carbocycles. The lowest BCUT2D eigenvalue weighted by atomic mass is 10.1. The van der Waals surface area contributed by atoms with Crippen molar-refractivity contribution in [3.8, 4) is 5.75 Å². The van der Waals surface area contributed by atoms with Gasteiger partial charge in [0.1, 0.15) is 5.75 Å². The fourth-order valence-electron chi connectivity index (χ4n) is 3.20. The third-order valence-corrected chi connectivity index (χ3v) is 4.49. The van der Waals surface area contributed by atoms with Gasteiger partial charge in [0.2, 0.25) is 0 Å². The topological polar surface area (TPSA) is 66.6 Å². The minimum Gasteiger partial charge on any atom is -0.496 e. The molecular weight excluding hydrogens is 306 g/mol. The van der Waals surface area contributed by atoms with Gasteiger partial charge in [0.15, 0.2) is 0 Å². The summed E-state index contributed by atoms with van der Waals surface area (Å²) in [5, 5.41) is 4.06. The van der Waals surface area contributed by atoms with Gasteiger partial charge in [-0.2, -0.15) is 0 Å². The average molecular weight is 331 g/mol. The number of benzene rings is 1. The number of hydrogen-bond acceptors (Lipinski definition) is 3. The second-order valence-corrected chi connectivity index (χ2v) is 6.19. The quantitative estimate of drug-likeness (QED) is 0.855. The van der Waals surface area contributed by atoms with Crippen LogP contribution in [0.3, 0.4) is 0 Å². The maximum Gasteiger partial charge on any atom is 0.317 e. The Labute approximate surface area is 142 Å². The predicted molar refractivity (Wildman–Crippen MR) is 93.6 cm³/mol. The van der Waals surface area contributed by atoms with Crippen molar-refractivity contribution in [1.29, 1.82) is 0 Å². The van der Waals surface area contributed by atoms with E-state index >= 15 is 0 Å². The van der Waals surface area contributed by atoms with Crippen LogP contribution in [0, 0.1) is 0 Å². The molecule has 6 heteroatoms. The van der Waals surface area contributed by atoms with Crippen LogP contribution in [0.5, 0.6) is 5.75 Å². The van der Waals surface area contributed by atoms with Crippen molar-refractivity contribution in [1.82, 2.24) is 15.2 Å². The predicted octanol–water partition coefficient (Wildman–Crippen LogP) is 2.54. The van der Waals surface area contributed by atoms with Crippen LogP contribution in [-0.4, -0.2) is 55.9 Å². The molecule has 2 heterocycles. The molecule has 2 aromatic rings. The number of fused-ring (bicyclic) bond motifs is 1. The largest absolute Gasteiger partial charge is 0.496 e. The summed E-state index contributed by atoms with van der Waals surface area (Å²) in [4.78, 5) is 17.1. The van der Waals surface area contributed by atoms with E-state index < -0.39 is 0 Å². The monoisotopic (exact) mass is 331 g/mol. The van der Waals surface area contributed by atoms with Gasteiger partial charge in [-0.25, -0.2) is 4.79 Å². The Balaban J connectivity index is 1.53. The van der Waals surface area contributed by atoms with Gasteiger partial charge >= 0.3 is 6.03 Å². The summed E-state index contributed by atoms with van der Waals surface area (Å²) in [6.07, 6.45) is 5.03. The fourth-order valence-corrected chi connectivity index (χ4v) is 3.20. The fraction of sp³-hybridized carbons (Fsp3) is 0.500. The Morgan fingerprint density at radius 1 is 1.50 bits per heavy atom. The molecule has 0 radical (unpaired) electrons. The maximum atomic E-state index is 12.2. The number of hydrogen-bond donors (Lipinski definition) is 2. The van der Waals surface area contributed by atoms with Crippen molar-refractivity contribution < 1.29 is 14.3 Å². The highest BCUT2D eigenvalue weighted by Gasteiger charge is 2.19. The van der Waals surface area contributed by atoms with Crippen molar-refractivity contribution in [2.75, 3.05) is 33.9 Å². The van der Waals surface area contributed by atoms with Gasteiger partial charge in [0.05, 0.1) is 13.2 Å². The molecule has 3 rings (SSSR count). The lowest BCUT2D eigenvalue weighted by Gasteiger charge is -2.21. The standard InChI is InChI=1S/C18H25N3O3/c1-21(12-14-5-4-10-24-14)18(22)19-9-8-13-11-20-15-6-3-7-16(23-2)17(13)15/h3,6-7,11,14,20H,4-5,8-10,12H2,1-2H3,(H,19,22)/t14-/m1/s1. The Morgan fingerprint density at radius 2 is 2.38 bits per heavy atom. The van der Waals surface area contributed by atoms with E-state index in [4.69, 9.17) is 9.47 Å². The Kier molecular flexibility index (Phi) is 5.25. The van der Waals surface area contributed by atoms with E-state index in [1.165, 1.54) is 0 Å². The molecule has 0 unspecified atom stereocenters. The molecule has 1 fully saturated rings. The smallest absolute Gasteiger partial charge is 0.317 e. The van der Waals surface area contributed by atoms with Crippen molar-refractivity contribution in [2.24, 2.45) is 0 Å². The van der Waals surface area contributed by atoms with Crippen LogP contribution < -0.4 is 10.1 Å². The Hall–Kier alpha value is -2.21. The Morgan fingerprint density at radius 3 is 3.12 bits per heavy atom. The number of ether oxygens (including phenoxy) is 2. The summed E-state index contributed by atoms with van der Waals surface area (Å²) < 4.78 is 11.0. The van der Waals surface area contributed by atoms with Gasteiger partial charge in [-0.1, -0.05) is 6.07 Å². The summed E-state index contributed by atoms with van der Waals surface area (Å²) in [6, 6.07) is 5.88. The van der Waals surface area contributed by atoms with Crippen LogP contribution in [0.25, 0.3) is 10.9 Å². The number of nitrogens with one attached hydrogen (secondary N) is 2. The van der Waals surface area contributed by atoms with Crippen LogP contribution in [0.15, 0.2) is 24.4 Å². The summed E-state index contributed by atoms with van der Waals surface area (Å²) in [5.41, 5.74) is 2.19. The summed E-state index contributed by atoms with van der Waals surface area (Å²) in [6.45, 7) is 2.04. The van der Waals surface area contributed by atoms with Gasteiger partial charge in [0.25, 0.3) is 0 Å². The first-order chi connectivity index (χ1) is 11.7. The molecule has 1 saturated heterocycles. The molecule has 1 aliphatic rings. The molecule has 0 bridgehead atoms. The highest BCUT2D eigenvalue weighted by Crippen LogP contribution is 2.28. The number of nitrogens with zero attached hydrogens (tertiary/aromatic N) is 1. The number of H-pyrrole nitrogens is 1. The number of carbonyl (C=O) groups excluding carboxylic acids is 1. The normalized spacial score (nSPS) is 17.2. The molecular formula is C18H25N3O3. The first kappa shape index (κ1) is 16.6. The zero-order valence-corrected chi connectivity index (χ0v) is 14.3. The Bertz CT molecular complexity index is 692. The third kappa shape index (κ3) is 3.64. The number of rotatable bonds is 6. The van der Waals surface area contributed by atoms with Crippen molar-refractivity contribution >= 4 is 16.9 Å². The van der Waals surface area contributed by atoms with E-state index in [1.54, 1.807) is 12.0 Å². The van der Waals surface area contributed by atoms with Crippen molar-refractivity contribution in [3.63, 3.8) is 0 Å². The first-order valence-corrected chi connectivity index (χ1v) is 8.42. The van der Waals surface area contributed by atoms with Crippen molar-refractivity contribution in [3.05, 3.63) is 30.0 Å². The van der Waals surface area contributed by atoms with Crippen molar-refractivity contribution in [2.45, 2.75) is 25.4 Å². The number of urea groups is 1. The van der Waals surface area contributed by atoms with Gasteiger partial charge in [0, 0.05) is 43.8 Å². The molecule has 0 saturated carbocycles. The van der Waals surface area contributed by atoms with Crippen LogP contribution in [0.2, 0.25) is 0 Å². The molecule has 6 nitrogen and oxygen atoms in total. The van der Waals surface area contributed by atoms with E-state index in [-0.39, 0.29) is 12.1 Å². The highest BCUT2D eigenvalue weighted by molar-refractivity contribution is 5.89. The van der Waals surface area contributed by atoms with E-state index in [0.717, 1.165) is 48.1 Å². The van der Waals surface area contributed by atoms with Gasteiger partial charge in [-0.15, -0.1) is 0 Å². The SMILES string of the molecule is COc1cccc2[nH]cc(CCNC(=O)N(C)C[C@H]3CCCO3)c12. The molecule has 1 aromatic heterocycles. The van der Waals surface area contributed by atoms with E-state index in [9.17, 15) is 4.79 Å². The molecule has 1 atom stereocenters. The molecule has 0 spiro atoms. The lowest BCUT2D eigenvalue weighted by Crippen LogP contribution is -2.41. The van der Waals surface area contributed by atoms with Gasteiger partial charge in [-0.3, -0.25) is 0 Å². The lowest BCUT2D eigenvalue weighted by molar-refractivity contribution is 0.0875. The molecule has 1 aromatic carbocycles. The number of methoxy groups -OCH3 is 1. The van der Waals surface area contributed by atoms with Gasteiger partial charge < -0.3 is 24.7 Å². The van der Waals surface area contributed by atoms with E-state index in [1.807, 2.05) is 31.4 Å². The highest BCUT2D eigenvalue weighted by atomic mass is 16.5. The molecule has 1 aliphatic heterocycles. The minimum atomic E-state index is -0.0580. The first-order valence-electron chi connectivity index (χ1n) is 8.42. The summed E-state index contributed by atoms with van der Waals surface area (Å²) in [5.74, 6) is 0.852.